The van der Waals surface area contributed by atoms with Gasteiger partial charge in [0.15, 0.2) is 0 Å². The number of likely N-dealkylation sites (tertiary alicyclic amines) is 1. The second kappa shape index (κ2) is 4.52. The van der Waals surface area contributed by atoms with Crippen molar-refractivity contribution in [1.82, 2.24) is 4.90 Å². The van der Waals surface area contributed by atoms with E-state index in [2.05, 4.69) is 55.8 Å². The lowest BCUT2D eigenvalue weighted by Gasteiger charge is -2.53. The molecule has 104 valence electrons. The van der Waals surface area contributed by atoms with Gasteiger partial charge in [-0.2, -0.15) is 0 Å². The van der Waals surface area contributed by atoms with Gasteiger partial charge in [0.05, 0.1) is 5.54 Å². The summed E-state index contributed by atoms with van der Waals surface area (Å²) in [4.78, 5) is 5.13. The quantitative estimate of drug-likeness (QED) is 0.802. The van der Waals surface area contributed by atoms with Crippen LogP contribution in [-0.4, -0.2) is 37.1 Å². The average molecular weight is 258 g/mol. The topological polar surface area (TPSA) is 6.48 Å². The summed E-state index contributed by atoms with van der Waals surface area (Å²) >= 11 is 0. The van der Waals surface area contributed by atoms with Crippen LogP contribution in [-0.2, 0) is 0 Å². The first-order valence-corrected chi connectivity index (χ1v) is 7.59. The van der Waals surface area contributed by atoms with Crippen molar-refractivity contribution in [2.24, 2.45) is 0 Å². The van der Waals surface area contributed by atoms with E-state index in [0.717, 1.165) is 0 Å². The molecule has 0 saturated carbocycles. The fraction of sp³-hybridized carbons (Fsp3) is 0.647. The second-order valence-corrected chi connectivity index (χ2v) is 6.81. The molecular weight excluding hydrogens is 232 g/mol. The lowest BCUT2D eigenvalue weighted by Crippen LogP contribution is -2.67. The monoisotopic (exact) mass is 258 g/mol. The zero-order valence-electron chi connectivity index (χ0n) is 12.7. The first-order chi connectivity index (χ1) is 9.02. The van der Waals surface area contributed by atoms with Crippen molar-refractivity contribution in [2.75, 3.05) is 31.6 Å². The molecule has 3 rings (SSSR count). The number of rotatable bonds is 2. The zero-order chi connectivity index (χ0) is 13.6. The molecule has 1 aromatic carbocycles. The molecule has 2 heterocycles. The first kappa shape index (κ1) is 13.0. The van der Waals surface area contributed by atoms with Gasteiger partial charge in [0.2, 0.25) is 0 Å². The predicted octanol–water partition coefficient (Wildman–Crippen LogP) is 3.40. The highest BCUT2D eigenvalue weighted by Crippen LogP contribution is 2.40. The highest BCUT2D eigenvalue weighted by Gasteiger charge is 2.48. The van der Waals surface area contributed by atoms with Gasteiger partial charge < -0.3 is 4.90 Å². The minimum Gasteiger partial charge on any atom is -0.367 e. The van der Waals surface area contributed by atoms with Crippen molar-refractivity contribution in [3.63, 3.8) is 0 Å². The normalized spacial score (nSPS) is 22.3. The van der Waals surface area contributed by atoms with E-state index in [4.69, 9.17) is 0 Å². The third-order valence-electron chi connectivity index (χ3n) is 5.14. The molecule has 2 fully saturated rings. The van der Waals surface area contributed by atoms with Gasteiger partial charge in [-0.3, -0.25) is 4.90 Å². The number of aryl methyl sites for hydroxylation is 1. The first-order valence-electron chi connectivity index (χ1n) is 7.59. The molecule has 0 N–H and O–H groups in total. The van der Waals surface area contributed by atoms with Crippen molar-refractivity contribution < 1.29 is 0 Å². The minimum absolute atomic E-state index is 0.489. The van der Waals surface area contributed by atoms with Crippen LogP contribution in [0, 0.1) is 6.92 Å². The van der Waals surface area contributed by atoms with Gasteiger partial charge in [0.25, 0.3) is 0 Å². The maximum absolute atomic E-state index is 2.57. The lowest BCUT2D eigenvalue weighted by molar-refractivity contribution is 0.133. The van der Waals surface area contributed by atoms with E-state index < -0.39 is 0 Å². The van der Waals surface area contributed by atoms with Crippen LogP contribution in [0.15, 0.2) is 18.2 Å². The molecule has 0 aliphatic carbocycles. The molecule has 0 aromatic heterocycles. The molecule has 0 bridgehead atoms. The highest BCUT2D eigenvalue weighted by molar-refractivity contribution is 5.58. The summed E-state index contributed by atoms with van der Waals surface area (Å²) in [7, 11) is 2.29. The van der Waals surface area contributed by atoms with Gasteiger partial charge in [-0.15, -0.1) is 0 Å². The SMILES string of the molecule is Cc1cc(C(C)C)ccc1N1CC2(CCCN2C)C1. The van der Waals surface area contributed by atoms with Crippen LogP contribution < -0.4 is 4.90 Å². The molecule has 1 spiro atoms. The molecule has 1 aromatic rings. The Morgan fingerprint density at radius 3 is 2.47 bits per heavy atom. The van der Waals surface area contributed by atoms with E-state index >= 15 is 0 Å². The summed E-state index contributed by atoms with van der Waals surface area (Å²) < 4.78 is 0. The molecule has 0 amide bonds. The summed E-state index contributed by atoms with van der Waals surface area (Å²) in [5.41, 5.74) is 4.81. The van der Waals surface area contributed by atoms with E-state index in [1.165, 1.54) is 49.3 Å². The molecule has 0 unspecified atom stereocenters. The Morgan fingerprint density at radius 1 is 1.21 bits per heavy atom. The van der Waals surface area contributed by atoms with Gasteiger partial charge in [0, 0.05) is 18.8 Å². The van der Waals surface area contributed by atoms with Crippen LogP contribution in [0.1, 0.15) is 43.7 Å². The lowest BCUT2D eigenvalue weighted by atomic mass is 9.86. The Hall–Kier alpha value is -1.02. The number of nitrogens with zero attached hydrogens (tertiary/aromatic N) is 2. The number of hydrogen-bond acceptors (Lipinski definition) is 2. The third kappa shape index (κ3) is 2.06. The Bertz CT molecular complexity index is 472. The summed E-state index contributed by atoms with van der Waals surface area (Å²) in [6, 6.07) is 6.99. The smallest absolute Gasteiger partial charge is 0.0557 e. The maximum atomic E-state index is 2.57. The Balaban J connectivity index is 1.75. The molecule has 19 heavy (non-hydrogen) atoms. The van der Waals surface area contributed by atoms with E-state index in [9.17, 15) is 0 Å². The second-order valence-electron chi connectivity index (χ2n) is 6.81. The minimum atomic E-state index is 0.489. The van der Waals surface area contributed by atoms with Crippen molar-refractivity contribution >= 4 is 5.69 Å². The molecule has 2 aliphatic rings. The van der Waals surface area contributed by atoms with Crippen LogP contribution in [0.2, 0.25) is 0 Å². The van der Waals surface area contributed by atoms with Crippen LogP contribution in [0.4, 0.5) is 5.69 Å². The zero-order valence-corrected chi connectivity index (χ0v) is 12.7. The van der Waals surface area contributed by atoms with Crippen LogP contribution >= 0.6 is 0 Å². The van der Waals surface area contributed by atoms with Crippen molar-refractivity contribution in [1.29, 1.82) is 0 Å². The molecule has 2 heteroatoms. The van der Waals surface area contributed by atoms with Gasteiger partial charge in [-0.25, -0.2) is 0 Å². The number of benzene rings is 1. The summed E-state index contributed by atoms with van der Waals surface area (Å²) in [5, 5.41) is 0. The standard InChI is InChI=1S/C17H26N2/c1-13(2)15-6-7-16(14(3)10-15)19-11-17(12-19)8-5-9-18(17)4/h6-7,10,13H,5,8-9,11-12H2,1-4H3. The molecule has 2 saturated heterocycles. The Morgan fingerprint density at radius 2 is 1.95 bits per heavy atom. The van der Waals surface area contributed by atoms with Gasteiger partial charge in [-0.05, 0) is 56.5 Å². The van der Waals surface area contributed by atoms with Crippen molar-refractivity contribution in [3.05, 3.63) is 29.3 Å². The third-order valence-corrected chi connectivity index (χ3v) is 5.14. The Kier molecular flexibility index (Phi) is 3.09. The number of hydrogen-bond donors (Lipinski definition) is 0. The van der Waals surface area contributed by atoms with Crippen LogP contribution in [0.5, 0.6) is 0 Å². The molecule has 0 radical (unpaired) electrons. The van der Waals surface area contributed by atoms with E-state index in [-0.39, 0.29) is 0 Å². The summed E-state index contributed by atoms with van der Waals surface area (Å²) in [6.45, 7) is 10.5. The summed E-state index contributed by atoms with van der Waals surface area (Å²) in [5.74, 6) is 0.622. The van der Waals surface area contributed by atoms with Crippen LogP contribution in [0.3, 0.4) is 0 Å². The highest BCUT2D eigenvalue weighted by atomic mass is 15.4. The van der Waals surface area contributed by atoms with Crippen LogP contribution in [0.25, 0.3) is 0 Å². The maximum Gasteiger partial charge on any atom is 0.0557 e. The van der Waals surface area contributed by atoms with Crippen molar-refractivity contribution in [2.45, 2.75) is 45.1 Å². The Labute approximate surface area is 117 Å². The van der Waals surface area contributed by atoms with Gasteiger partial charge in [-0.1, -0.05) is 26.0 Å². The average Bonchev–Trinajstić information content (AvgIpc) is 2.69. The van der Waals surface area contributed by atoms with Gasteiger partial charge >= 0.3 is 0 Å². The molecular formula is C17H26N2. The fourth-order valence-electron chi connectivity index (χ4n) is 3.70. The predicted molar refractivity (Wildman–Crippen MR) is 82.1 cm³/mol. The van der Waals surface area contributed by atoms with E-state index in [1.807, 2.05) is 0 Å². The van der Waals surface area contributed by atoms with Gasteiger partial charge in [0.1, 0.15) is 0 Å². The van der Waals surface area contributed by atoms with E-state index in [0.29, 0.717) is 11.5 Å². The summed E-state index contributed by atoms with van der Waals surface area (Å²) in [6.07, 6.45) is 2.75. The molecule has 2 aliphatic heterocycles. The van der Waals surface area contributed by atoms with E-state index in [1.54, 1.807) is 0 Å². The largest absolute Gasteiger partial charge is 0.367 e. The number of anilines is 1. The number of likely N-dealkylation sites (N-methyl/N-ethyl adjacent to an activating group) is 1. The molecule has 0 atom stereocenters. The molecule has 2 nitrogen and oxygen atoms in total. The fourth-order valence-corrected chi connectivity index (χ4v) is 3.70. The van der Waals surface area contributed by atoms with Crippen molar-refractivity contribution in [3.8, 4) is 0 Å².